The van der Waals surface area contributed by atoms with Crippen molar-refractivity contribution in [1.82, 2.24) is 10.2 Å². The molecule has 2 aromatic carbocycles. The summed E-state index contributed by atoms with van der Waals surface area (Å²) in [5.41, 5.74) is 1.22. The van der Waals surface area contributed by atoms with Crippen LogP contribution in [0.25, 0.3) is 11.5 Å². The SMILES string of the molecule is N#Cc1ccc(OCC(=O)OCc2nnc(-c3ccc(Cl)cc3)o2)cc1. The predicted octanol–water partition coefficient (Wildman–Crippen LogP) is 3.38. The van der Waals surface area contributed by atoms with Crippen molar-refractivity contribution in [2.45, 2.75) is 6.61 Å². The molecule has 0 amide bonds. The minimum Gasteiger partial charge on any atom is -0.482 e. The van der Waals surface area contributed by atoms with E-state index < -0.39 is 5.97 Å². The summed E-state index contributed by atoms with van der Waals surface area (Å²) in [6, 6.07) is 15.3. The highest BCUT2D eigenvalue weighted by Crippen LogP contribution is 2.20. The fraction of sp³-hybridized carbons (Fsp3) is 0.111. The Morgan fingerprint density at radius 3 is 2.54 bits per heavy atom. The zero-order valence-corrected chi connectivity index (χ0v) is 14.1. The summed E-state index contributed by atoms with van der Waals surface area (Å²) >= 11 is 5.83. The molecule has 0 saturated heterocycles. The molecule has 0 fully saturated rings. The molecule has 3 rings (SSSR count). The quantitative estimate of drug-likeness (QED) is 0.614. The molecule has 26 heavy (non-hydrogen) atoms. The molecule has 7 nitrogen and oxygen atoms in total. The number of aromatic nitrogens is 2. The van der Waals surface area contributed by atoms with Crippen molar-refractivity contribution >= 4 is 17.6 Å². The fourth-order valence-corrected chi connectivity index (χ4v) is 2.10. The van der Waals surface area contributed by atoms with Gasteiger partial charge in [-0.3, -0.25) is 0 Å². The van der Waals surface area contributed by atoms with E-state index in [-0.39, 0.29) is 19.1 Å². The second-order valence-electron chi connectivity index (χ2n) is 5.09. The van der Waals surface area contributed by atoms with Gasteiger partial charge in [-0.1, -0.05) is 11.6 Å². The van der Waals surface area contributed by atoms with Crippen LogP contribution in [0.2, 0.25) is 5.02 Å². The summed E-state index contributed by atoms with van der Waals surface area (Å²) in [7, 11) is 0. The van der Waals surface area contributed by atoms with Gasteiger partial charge in [0, 0.05) is 10.6 Å². The third-order valence-electron chi connectivity index (χ3n) is 3.25. The van der Waals surface area contributed by atoms with E-state index in [4.69, 9.17) is 30.8 Å². The number of halogens is 1. The van der Waals surface area contributed by atoms with Gasteiger partial charge in [0.15, 0.2) is 13.2 Å². The van der Waals surface area contributed by atoms with E-state index in [1.54, 1.807) is 48.5 Å². The van der Waals surface area contributed by atoms with Crippen molar-refractivity contribution < 1.29 is 18.7 Å². The van der Waals surface area contributed by atoms with Gasteiger partial charge in [-0.15, -0.1) is 10.2 Å². The molecule has 0 atom stereocenters. The molecule has 130 valence electrons. The topological polar surface area (TPSA) is 98.2 Å². The highest BCUT2D eigenvalue weighted by Gasteiger charge is 2.11. The maximum absolute atomic E-state index is 11.7. The fourth-order valence-electron chi connectivity index (χ4n) is 1.97. The molecule has 1 aromatic heterocycles. The van der Waals surface area contributed by atoms with Gasteiger partial charge >= 0.3 is 5.97 Å². The molecule has 0 aliphatic rings. The van der Waals surface area contributed by atoms with Gasteiger partial charge in [-0.05, 0) is 48.5 Å². The van der Waals surface area contributed by atoms with Gasteiger partial charge in [0.25, 0.3) is 5.89 Å². The molecule has 0 saturated carbocycles. The second-order valence-corrected chi connectivity index (χ2v) is 5.53. The maximum atomic E-state index is 11.7. The molecule has 0 radical (unpaired) electrons. The number of benzene rings is 2. The molecule has 1 heterocycles. The summed E-state index contributed by atoms with van der Waals surface area (Å²) in [6.45, 7) is -0.430. The number of hydrogen-bond acceptors (Lipinski definition) is 7. The smallest absolute Gasteiger partial charge is 0.344 e. The van der Waals surface area contributed by atoms with Gasteiger partial charge in [0.1, 0.15) is 5.75 Å². The first-order valence-electron chi connectivity index (χ1n) is 7.51. The average molecular weight is 370 g/mol. The van der Waals surface area contributed by atoms with Crippen LogP contribution in [0.5, 0.6) is 5.75 Å². The van der Waals surface area contributed by atoms with Crippen LogP contribution in [0, 0.1) is 11.3 Å². The number of nitrogens with zero attached hydrogens (tertiary/aromatic N) is 3. The van der Waals surface area contributed by atoms with Gasteiger partial charge in [0.2, 0.25) is 5.89 Å². The Labute approximate surface area is 153 Å². The Balaban J connectivity index is 1.48. The lowest BCUT2D eigenvalue weighted by Gasteiger charge is -2.05. The van der Waals surface area contributed by atoms with Gasteiger partial charge in [-0.25, -0.2) is 4.79 Å². The van der Waals surface area contributed by atoms with E-state index in [0.717, 1.165) is 0 Å². The molecule has 0 aliphatic heterocycles. The molecule has 0 aliphatic carbocycles. The predicted molar refractivity (Wildman–Crippen MR) is 91.2 cm³/mol. The largest absolute Gasteiger partial charge is 0.482 e. The first kappa shape index (κ1) is 17.5. The normalized spacial score (nSPS) is 10.2. The number of carbonyl (C=O) groups is 1. The van der Waals surface area contributed by atoms with Gasteiger partial charge in [-0.2, -0.15) is 5.26 Å². The number of esters is 1. The number of carbonyl (C=O) groups excluding carboxylic acids is 1. The minimum absolute atomic E-state index is 0.157. The third kappa shape index (κ3) is 4.59. The molecule has 0 N–H and O–H groups in total. The Hall–Kier alpha value is -3.37. The van der Waals surface area contributed by atoms with Crippen LogP contribution >= 0.6 is 11.6 Å². The van der Waals surface area contributed by atoms with Crippen molar-refractivity contribution in [3.63, 3.8) is 0 Å². The average Bonchev–Trinajstić information content (AvgIpc) is 3.14. The third-order valence-corrected chi connectivity index (χ3v) is 3.51. The molecule has 0 unspecified atom stereocenters. The van der Waals surface area contributed by atoms with Crippen LogP contribution in [0.1, 0.15) is 11.5 Å². The van der Waals surface area contributed by atoms with E-state index in [9.17, 15) is 4.79 Å². The summed E-state index contributed by atoms with van der Waals surface area (Å²) in [4.78, 5) is 11.7. The van der Waals surface area contributed by atoms with Crippen LogP contribution in [-0.2, 0) is 16.1 Å². The summed E-state index contributed by atoms with van der Waals surface area (Å²) in [5, 5.41) is 17.0. The number of rotatable bonds is 6. The lowest BCUT2D eigenvalue weighted by molar-refractivity contribution is -0.148. The first-order chi connectivity index (χ1) is 12.6. The molecule has 0 spiro atoms. The first-order valence-corrected chi connectivity index (χ1v) is 7.89. The molecular formula is C18H12ClN3O4. The Morgan fingerprint density at radius 1 is 1.12 bits per heavy atom. The van der Waals surface area contributed by atoms with Crippen molar-refractivity contribution in [3.05, 3.63) is 65.0 Å². The number of nitriles is 1. The zero-order valence-electron chi connectivity index (χ0n) is 13.4. The molecule has 8 heteroatoms. The molecular weight excluding hydrogens is 358 g/mol. The van der Waals surface area contributed by atoms with Crippen molar-refractivity contribution in [2.24, 2.45) is 0 Å². The minimum atomic E-state index is -0.583. The van der Waals surface area contributed by atoms with E-state index in [2.05, 4.69) is 10.2 Å². The lowest BCUT2D eigenvalue weighted by Crippen LogP contribution is -2.14. The van der Waals surface area contributed by atoms with E-state index in [1.165, 1.54) is 0 Å². The van der Waals surface area contributed by atoms with Crippen LogP contribution in [0.4, 0.5) is 0 Å². The number of ether oxygens (including phenoxy) is 2. The standard InChI is InChI=1S/C18H12ClN3O4/c19-14-5-3-13(4-6-14)18-22-21-16(26-18)10-25-17(23)11-24-15-7-1-12(9-20)2-8-15/h1-8H,10-11H2. The summed E-state index contributed by atoms with van der Waals surface area (Å²) < 4.78 is 15.7. The summed E-state index contributed by atoms with van der Waals surface area (Å²) in [5.74, 6) is 0.354. The highest BCUT2D eigenvalue weighted by atomic mass is 35.5. The Kier molecular flexibility index (Phi) is 5.46. The maximum Gasteiger partial charge on any atom is 0.344 e. The van der Waals surface area contributed by atoms with E-state index in [1.807, 2.05) is 6.07 Å². The van der Waals surface area contributed by atoms with Crippen molar-refractivity contribution in [2.75, 3.05) is 6.61 Å². The van der Waals surface area contributed by atoms with Crippen LogP contribution in [-0.4, -0.2) is 22.8 Å². The van der Waals surface area contributed by atoms with Crippen molar-refractivity contribution in [3.8, 4) is 23.3 Å². The van der Waals surface area contributed by atoms with E-state index in [0.29, 0.717) is 27.8 Å². The zero-order chi connectivity index (χ0) is 18.4. The second kappa shape index (κ2) is 8.14. The summed E-state index contributed by atoms with van der Waals surface area (Å²) in [6.07, 6.45) is 0. The van der Waals surface area contributed by atoms with E-state index >= 15 is 0 Å². The molecule has 0 bridgehead atoms. The van der Waals surface area contributed by atoms with Crippen LogP contribution in [0.3, 0.4) is 0 Å². The van der Waals surface area contributed by atoms with Crippen LogP contribution < -0.4 is 4.74 Å². The monoisotopic (exact) mass is 369 g/mol. The van der Waals surface area contributed by atoms with Crippen LogP contribution in [0.15, 0.2) is 52.9 Å². The lowest BCUT2D eigenvalue weighted by atomic mass is 10.2. The van der Waals surface area contributed by atoms with Gasteiger partial charge in [0.05, 0.1) is 11.6 Å². The van der Waals surface area contributed by atoms with Crippen molar-refractivity contribution in [1.29, 1.82) is 5.26 Å². The Morgan fingerprint density at radius 2 is 1.85 bits per heavy atom. The molecule has 3 aromatic rings. The Bertz CT molecular complexity index is 930. The highest BCUT2D eigenvalue weighted by molar-refractivity contribution is 6.30. The number of hydrogen-bond donors (Lipinski definition) is 0. The van der Waals surface area contributed by atoms with Gasteiger partial charge < -0.3 is 13.9 Å².